The number of fused-ring (bicyclic) bond motifs is 14. The molecule has 0 radical (unpaired) electrons. The SMILES string of the molecule is c1ccc(-c2ccc(N3B4c5c(cc6c(sc7ccccc76)c5-n5c6ccc(-c7ccccc7)cc6c6cc(-c7ccccc7)cc4c65)-c4cc5sc6ccccc6c5cc43)cc2)cc1. The van der Waals surface area contributed by atoms with Crippen molar-refractivity contribution in [1.82, 2.24) is 4.57 Å². The molecular weight excluding hydrogens is 824 g/mol. The van der Waals surface area contributed by atoms with Gasteiger partial charge in [0, 0.05) is 63.4 Å². The van der Waals surface area contributed by atoms with E-state index in [2.05, 4.69) is 222 Å². The third-order valence-corrected chi connectivity index (χ3v) is 16.5. The molecule has 0 unspecified atom stereocenters. The number of hydrogen-bond acceptors (Lipinski definition) is 3. The minimum absolute atomic E-state index is 0.122. The molecule has 0 aliphatic carbocycles. The molecule has 0 bridgehead atoms. The van der Waals surface area contributed by atoms with E-state index in [1.807, 2.05) is 22.7 Å². The molecule has 0 saturated heterocycles. The highest BCUT2D eigenvalue weighted by Crippen LogP contribution is 2.52. The van der Waals surface area contributed by atoms with E-state index in [9.17, 15) is 0 Å². The van der Waals surface area contributed by atoms with Gasteiger partial charge < -0.3 is 9.38 Å². The Morgan fingerprint density at radius 1 is 0.369 bits per heavy atom. The van der Waals surface area contributed by atoms with Gasteiger partial charge in [-0.1, -0.05) is 152 Å². The second-order valence-corrected chi connectivity index (χ2v) is 19.7. The highest BCUT2D eigenvalue weighted by molar-refractivity contribution is 7.26. The highest BCUT2D eigenvalue weighted by Gasteiger charge is 2.45. The molecular formula is C60H35BN2S2. The Morgan fingerprint density at radius 3 is 1.68 bits per heavy atom. The predicted molar refractivity (Wildman–Crippen MR) is 282 cm³/mol. The minimum Gasteiger partial charge on any atom is -0.376 e. The summed E-state index contributed by atoms with van der Waals surface area (Å²) in [7, 11) is 0. The molecule has 13 aromatic rings. The topological polar surface area (TPSA) is 8.17 Å². The van der Waals surface area contributed by atoms with Crippen LogP contribution >= 0.6 is 22.7 Å². The standard InChI is InChI=1S/C60H35BN2S2/c1-4-14-36(15-5-1)39-24-27-42(28-25-39)63-53-34-47-43-20-10-12-22-54(43)64-56(47)35-46(53)48-33-50-44-21-11-13-23-55(44)65-60(50)59-57(48)61(63)51-32-41(38-18-8-3-9-19-38)31-49-45-30-40(37-16-6-2-7-17-37)26-29-52(45)62(59)58(49)51/h1-35H. The monoisotopic (exact) mass is 858 g/mol. The Labute approximate surface area is 383 Å². The Morgan fingerprint density at radius 2 is 0.954 bits per heavy atom. The fourth-order valence-electron chi connectivity index (χ4n) is 11.3. The number of anilines is 2. The summed E-state index contributed by atoms with van der Waals surface area (Å²) in [5.74, 6) is 0. The Balaban J connectivity index is 1.13. The van der Waals surface area contributed by atoms with Gasteiger partial charge in [0.25, 0.3) is 0 Å². The molecule has 5 heterocycles. The number of aromatic nitrogens is 1. The molecule has 10 aromatic carbocycles. The largest absolute Gasteiger partial charge is 0.376 e. The zero-order valence-corrected chi connectivity index (χ0v) is 36.6. The van der Waals surface area contributed by atoms with Crippen LogP contribution in [0, 0.1) is 0 Å². The average molecular weight is 859 g/mol. The molecule has 2 aliphatic heterocycles. The van der Waals surface area contributed by atoms with Crippen LogP contribution in [0.1, 0.15) is 0 Å². The molecule has 3 aromatic heterocycles. The zero-order valence-electron chi connectivity index (χ0n) is 35.0. The molecule has 5 heteroatoms. The van der Waals surface area contributed by atoms with Gasteiger partial charge in [-0.2, -0.15) is 0 Å². The third kappa shape index (κ3) is 5.05. The molecule has 0 N–H and O–H groups in total. The van der Waals surface area contributed by atoms with Crippen molar-refractivity contribution >= 4 is 114 Å². The van der Waals surface area contributed by atoms with Crippen molar-refractivity contribution in [2.75, 3.05) is 4.81 Å². The first kappa shape index (κ1) is 35.7. The lowest BCUT2D eigenvalue weighted by Gasteiger charge is -2.42. The summed E-state index contributed by atoms with van der Waals surface area (Å²) in [5, 5.41) is 7.81. The van der Waals surface area contributed by atoms with Gasteiger partial charge in [0.2, 0.25) is 0 Å². The van der Waals surface area contributed by atoms with Gasteiger partial charge in [-0.3, -0.25) is 0 Å². The van der Waals surface area contributed by atoms with Crippen LogP contribution < -0.4 is 15.7 Å². The van der Waals surface area contributed by atoms with Crippen molar-refractivity contribution in [3.63, 3.8) is 0 Å². The Bertz CT molecular complexity index is 4110. The summed E-state index contributed by atoms with van der Waals surface area (Å²) in [4.78, 5) is 2.70. The molecule has 300 valence electrons. The summed E-state index contributed by atoms with van der Waals surface area (Å²) >= 11 is 3.84. The van der Waals surface area contributed by atoms with Crippen molar-refractivity contribution in [2.45, 2.75) is 0 Å². The molecule has 0 spiro atoms. The fraction of sp³-hybridized carbons (Fsp3) is 0. The van der Waals surface area contributed by atoms with Crippen LogP contribution in [0.4, 0.5) is 11.4 Å². The van der Waals surface area contributed by atoms with E-state index in [1.54, 1.807) is 0 Å². The maximum Gasteiger partial charge on any atom is 0.333 e. The second-order valence-electron chi connectivity index (χ2n) is 17.6. The Kier molecular flexibility index (Phi) is 7.37. The lowest BCUT2D eigenvalue weighted by Crippen LogP contribution is -2.60. The van der Waals surface area contributed by atoms with Crippen LogP contribution in [0.2, 0.25) is 0 Å². The van der Waals surface area contributed by atoms with E-state index in [4.69, 9.17) is 0 Å². The third-order valence-electron chi connectivity index (χ3n) is 14.1. The van der Waals surface area contributed by atoms with E-state index < -0.39 is 0 Å². The average Bonchev–Trinajstić information content (AvgIpc) is 4.04. The smallest absolute Gasteiger partial charge is 0.333 e. The summed E-state index contributed by atoms with van der Waals surface area (Å²) in [6.07, 6.45) is 0. The van der Waals surface area contributed by atoms with E-state index in [0.29, 0.717) is 0 Å². The van der Waals surface area contributed by atoms with Crippen LogP contribution in [0.5, 0.6) is 0 Å². The minimum atomic E-state index is -0.122. The summed E-state index contributed by atoms with van der Waals surface area (Å²) < 4.78 is 7.95. The number of hydrogen-bond donors (Lipinski definition) is 0. The first-order chi connectivity index (χ1) is 32.2. The van der Waals surface area contributed by atoms with Crippen molar-refractivity contribution in [1.29, 1.82) is 0 Å². The van der Waals surface area contributed by atoms with Crippen LogP contribution in [-0.2, 0) is 0 Å². The fourth-order valence-corrected chi connectivity index (χ4v) is 13.6. The van der Waals surface area contributed by atoms with Gasteiger partial charge in [-0.05, 0) is 111 Å². The normalized spacial score (nSPS) is 12.9. The first-order valence-corrected chi connectivity index (χ1v) is 24.0. The molecule has 65 heavy (non-hydrogen) atoms. The van der Waals surface area contributed by atoms with Gasteiger partial charge in [0.15, 0.2) is 0 Å². The predicted octanol–water partition coefficient (Wildman–Crippen LogP) is 15.8. The molecule has 0 amide bonds. The second kappa shape index (κ2) is 13.4. The molecule has 15 rings (SSSR count). The Hall–Kier alpha value is -7.70. The van der Waals surface area contributed by atoms with Crippen molar-refractivity contribution < 1.29 is 0 Å². The van der Waals surface area contributed by atoms with E-state index in [0.717, 1.165) is 0 Å². The van der Waals surface area contributed by atoms with Crippen LogP contribution in [0.25, 0.3) is 112 Å². The van der Waals surface area contributed by atoms with Gasteiger partial charge in [-0.15, -0.1) is 22.7 Å². The molecule has 0 saturated carbocycles. The number of nitrogens with zero attached hydrogens (tertiary/aromatic N) is 2. The quantitative estimate of drug-likeness (QED) is 0.160. The van der Waals surface area contributed by atoms with Crippen molar-refractivity contribution in [2.24, 2.45) is 0 Å². The van der Waals surface area contributed by atoms with Gasteiger partial charge in [0.1, 0.15) is 0 Å². The van der Waals surface area contributed by atoms with Gasteiger partial charge in [0.05, 0.1) is 21.4 Å². The lowest BCUT2D eigenvalue weighted by atomic mass is 9.43. The van der Waals surface area contributed by atoms with Crippen molar-refractivity contribution in [3.05, 3.63) is 212 Å². The van der Waals surface area contributed by atoms with Crippen LogP contribution in [0.15, 0.2) is 212 Å². The molecule has 2 nitrogen and oxygen atoms in total. The molecule has 2 aliphatic rings. The highest BCUT2D eigenvalue weighted by atomic mass is 32.1. The maximum absolute atomic E-state index is 2.70. The van der Waals surface area contributed by atoms with Crippen LogP contribution in [0.3, 0.4) is 0 Å². The zero-order chi connectivity index (χ0) is 42.3. The summed E-state index contributed by atoms with van der Waals surface area (Å²) in [5.41, 5.74) is 18.9. The van der Waals surface area contributed by atoms with E-state index >= 15 is 0 Å². The molecule has 0 fully saturated rings. The molecule has 0 atom stereocenters. The summed E-state index contributed by atoms with van der Waals surface area (Å²) in [6, 6.07) is 79.6. The van der Waals surface area contributed by atoms with E-state index in [1.165, 1.54) is 135 Å². The summed E-state index contributed by atoms with van der Waals surface area (Å²) in [6.45, 7) is -0.122. The number of rotatable bonds is 4. The van der Waals surface area contributed by atoms with Crippen LogP contribution in [-0.4, -0.2) is 11.4 Å². The lowest BCUT2D eigenvalue weighted by molar-refractivity contribution is 1.20. The van der Waals surface area contributed by atoms with E-state index in [-0.39, 0.29) is 6.85 Å². The number of thiophene rings is 2. The maximum atomic E-state index is 2.70. The van der Waals surface area contributed by atoms with Crippen molar-refractivity contribution in [3.8, 4) is 50.2 Å². The number of benzene rings is 10. The van der Waals surface area contributed by atoms with Gasteiger partial charge >= 0.3 is 6.85 Å². The first-order valence-electron chi connectivity index (χ1n) is 22.4. The van der Waals surface area contributed by atoms with Gasteiger partial charge in [-0.25, -0.2) is 0 Å².